The minimum atomic E-state index is 0.0209. The number of aromatic amines is 1. The fraction of sp³-hybridized carbons (Fsp3) is 0.565. The molecule has 0 radical (unpaired) electrons. The molecule has 1 fully saturated rings. The van der Waals surface area contributed by atoms with Gasteiger partial charge in [0, 0.05) is 54.1 Å². The smallest absolute Gasteiger partial charge is 0.317 e. The van der Waals surface area contributed by atoms with E-state index in [1.807, 2.05) is 24.8 Å². The lowest BCUT2D eigenvalue weighted by atomic mass is 9.73. The van der Waals surface area contributed by atoms with Gasteiger partial charge < -0.3 is 15.2 Å². The van der Waals surface area contributed by atoms with Crippen LogP contribution in [0.5, 0.6) is 0 Å². The number of aldehydes is 1. The van der Waals surface area contributed by atoms with Crippen LogP contribution in [-0.4, -0.2) is 65.4 Å². The van der Waals surface area contributed by atoms with Gasteiger partial charge in [0.1, 0.15) is 6.29 Å². The predicted molar refractivity (Wildman–Crippen MR) is 123 cm³/mol. The van der Waals surface area contributed by atoms with Crippen LogP contribution in [0.25, 0.3) is 10.9 Å². The van der Waals surface area contributed by atoms with Crippen LogP contribution in [0.2, 0.25) is 0 Å². The van der Waals surface area contributed by atoms with Gasteiger partial charge in [-0.1, -0.05) is 6.92 Å². The van der Waals surface area contributed by atoms with Gasteiger partial charge in [-0.25, -0.2) is 4.79 Å². The first-order valence-electron chi connectivity index (χ1n) is 11.1. The molecule has 0 bridgehead atoms. The molecule has 1 aliphatic carbocycles. The number of piperidine rings is 1. The van der Waals surface area contributed by atoms with Crippen molar-refractivity contribution in [2.45, 2.75) is 58.0 Å². The number of fused-ring (bicyclic) bond motifs is 2. The minimum Gasteiger partial charge on any atom is -0.349 e. The first-order valence-corrected chi connectivity index (χ1v) is 11.9. The van der Waals surface area contributed by atoms with Crippen LogP contribution in [0.1, 0.15) is 61.0 Å². The van der Waals surface area contributed by atoms with Gasteiger partial charge in [-0.05, 0) is 78.8 Å². The lowest BCUT2D eigenvalue weighted by Gasteiger charge is -2.47. The van der Waals surface area contributed by atoms with E-state index in [4.69, 9.17) is 0 Å². The maximum atomic E-state index is 12.7. The fourth-order valence-corrected chi connectivity index (χ4v) is 6.00. The summed E-state index contributed by atoms with van der Waals surface area (Å²) in [6, 6.07) is 4.51. The van der Waals surface area contributed by atoms with Crippen LogP contribution < -0.4 is 5.32 Å². The number of carbonyl (C=O) groups excluding carboxylic acids is 2. The van der Waals surface area contributed by atoms with Crippen LogP contribution in [0, 0.1) is 0 Å². The quantitative estimate of drug-likeness (QED) is 0.613. The van der Waals surface area contributed by atoms with Crippen molar-refractivity contribution in [3.63, 3.8) is 0 Å². The molecule has 4 rings (SSSR count). The molecule has 1 aromatic carbocycles. The number of likely N-dealkylation sites (tertiary alicyclic amines) is 1. The van der Waals surface area contributed by atoms with E-state index in [9.17, 15) is 9.59 Å². The number of benzene rings is 1. The van der Waals surface area contributed by atoms with Crippen molar-refractivity contribution in [3.05, 3.63) is 33.4 Å². The number of carbonyl (C=O) groups is 2. The molecule has 2 aromatic rings. The molecular weight excluding hydrogens is 444 g/mol. The topological polar surface area (TPSA) is 68.4 Å². The standard InChI is InChI=1S/C23H31BrN4O2/c1-4-7-28-12-15(25-23(30)27(5-2)6-3)10-16-17-8-14(13-29)9-19-21(17)18(11-20(16)28)22(24)26-19/h8-9,13,15-16,20,26H,4-7,10-12H2,1-3H3,(H,25,30)/t15?,16-,20-/m1/s1. The molecule has 1 unspecified atom stereocenters. The summed E-state index contributed by atoms with van der Waals surface area (Å²) in [5.74, 6) is 0.296. The molecule has 0 spiro atoms. The largest absolute Gasteiger partial charge is 0.349 e. The third-order valence-electron chi connectivity index (χ3n) is 6.77. The molecule has 1 aliphatic heterocycles. The first-order chi connectivity index (χ1) is 14.5. The number of rotatable bonds is 6. The summed E-state index contributed by atoms with van der Waals surface area (Å²) in [6.07, 6.45) is 3.89. The summed E-state index contributed by atoms with van der Waals surface area (Å²) in [5, 5.41) is 4.54. The third kappa shape index (κ3) is 3.66. The van der Waals surface area contributed by atoms with Gasteiger partial charge in [0.05, 0.1) is 4.60 Å². The summed E-state index contributed by atoms with van der Waals surface area (Å²) in [6.45, 7) is 9.53. The highest BCUT2D eigenvalue weighted by molar-refractivity contribution is 9.10. The summed E-state index contributed by atoms with van der Waals surface area (Å²) >= 11 is 3.71. The Morgan fingerprint density at radius 1 is 1.33 bits per heavy atom. The van der Waals surface area contributed by atoms with Crippen LogP contribution in [0.4, 0.5) is 4.79 Å². The monoisotopic (exact) mass is 474 g/mol. The highest BCUT2D eigenvalue weighted by Gasteiger charge is 2.42. The zero-order valence-electron chi connectivity index (χ0n) is 18.0. The molecule has 1 saturated heterocycles. The normalized spacial score (nSPS) is 23.3. The van der Waals surface area contributed by atoms with Gasteiger partial charge in [0.2, 0.25) is 0 Å². The lowest BCUT2D eigenvalue weighted by Crippen LogP contribution is -2.57. The molecule has 7 heteroatoms. The second-order valence-corrected chi connectivity index (χ2v) is 9.29. The Labute approximate surface area is 186 Å². The van der Waals surface area contributed by atoms with Crippen LogP contribution in [0.3, 0.4) is 0 Å². The fourth-order valence-electron chi connectivity index (χ4n) is 5.43. The van der Waals surface area contributed by atoms with Crippen molar-refractivity contribution < 1.29 is 9.59 Å². The van der Waals surface area contributed by atoms with Gasteiger partial charge in [0.15, 0.2) is 0 Å². The molecule has 0 saturated carbocycles. The SMILES string of the molecule is CCCN1CC(NC(=O)N(CC)CC)C[C@@H]2c3cc(C=O)cc4[nH]c(Br)c(c34)C[C@H]21. The summed E-state index contributed by atoms with van der Waals surface area (Å²) in [7, 11) is 0. The minimum absolute atomic E-state index is 0.0209. The Balaban J connectivity index is 1.71. The highest BCUT2D eigenvalue weighted by Crippen LogP contribution is 2.46. The number of nitrogens with zero attached hydrogens (tertiary/aromatic N) is 2. The van der Waals surface area contributed by atoms with E-state index >= 15 is 0 Å². The Bertz CT molecular complexity index is 952. The Kier molecular flexibility index (Phi) is 6.21. The molecule has 2 heterocycles. The van der Waals surface area contributed by atoms with Crippen LogP contribution in [-0.2, 0) is 6.42 Å². The van der Waals surface area contributed by atoms with Gasteiger partial charge in [-0.2, -0.15) is 0 Å². The van der Waals surface area contributed by atoms with Crippen molar-refractivity contribution >= 4 is 39.2 Å². The molecule has 3 atom stereocenters. The molecule has 2 amide bonds. The van der Waals surface area contributed by atoms with Gasteiger partial charge in [-0.3, -0.25) is 9.69 Å². The number of urea groups is 1. The van der Waals surface area contributed by atoms with Crippen LogP contribution in [0.15, 0.2) is 16.7 Å². The number of hydrogen-bond donors (Lipinski definition) is 2. The molecule has 30 heavy (non-hydrogen) atoms. The highest BCUT2D eigenvalue weighted by atomic mass is 79.9. The van der Waals surface area contributed by atoms with Crippen molar-refractivity contribution in [1.29, 1.82) is 0 Å². The number of H-pyrrole nitrogens is 1. The third-order valence-corrected chi connectivity index (χ3v) is 7.44. The Morgan fingerprint density at radius 2 is 2.10 bits per heavy atom. The van der Waals surface area contributed by atoms with E-state index in [0.717, 1.165) is 48.8 Å². The number of amides is 2. The van der Waals surface area contributed by atoms with Crippen LogP contribution >= 0.6 is 15.9 Å². The van der Waals surface area contributed by atoms with Gasteiger partial charge in [-0.15, -0.1) is 0 Å². The summed E-state index contributed by atoms with van der Waals surface area (Å²) < 4.78 is 1.02. The van der Waals surface area contributed by atoms with E-state index < -0.39 is 0 Å². The summed E-state index contributed by atoms with van der Waals surface area (Å²) in [4.78, 5) is 32.1. The molecule has 2 aliphatic rings. The number of halogens is 1. The second kappa shape index (κ2) is 8.71. The predicted octanol–water partition coefficient (Wildman–Crippen LogP) is 4.29. The van der Waals surface area contributed by atoms with Crippen molar-refractivity contribution in [3.8, 4) is 0 Å². The van der Waals surface area contributed by atoms with E-state index in [1.165, 1.54) is 16.5 Å². The molecule has 1 aromatic heterocycles. The maximum Gasteiger partial charge on any atom is 0.317 e. The second-order valence-electron chi connectivity index (χ2n) is 8.50. The molecule has 2 N–H and O–H groups in total. The van der Waals surface area contributed by atoms with Gasteiger partial charge in [0.25, 0.3) is 0 Å². The average Bonchev–Trinajstić information content (AvgIpc) is 3.05. The Hall–Kier alpha value is -1.86. The van der Waals surface area contributed by atoms with E-state index in [-0.39, 0.29) is 12.1 Å². The van der Waals surface area contributed by atoms with Crippen molar-refractivity contribution in [2.24, 2.45) is 0 Å². The Morgan fingerprint density at radius 3 is 2.77 bits per heavy atom. The summed E-state index contributed by atoms with van der Waals surface area (Å²) in [5.41, 5.74) is 4.28. The average molecular weight is 475 g/mol. The molecule has 6 nitrogen and oxygen atoms in total. The number of nitrogens with one attached hydrogen (secondary N) is 2. The number of hydrogen-bond acceptors (Lipinski definition) is 3. The maximum absolute atomic E-state index is 12.7. The molecular formula is C23H31BrN4O2. The van der Waals surface area contributed by atoms with E-state index in [1.54, 1.807) is 0 Å². The molecule has 162 valence electrons. The first kappa shape index (κ1) is 21.4. The zero-order chi connectivity index (χ0) is 21.4. The van der Waals surface area contributed by atoms with Crippen molar-refractivity contribution in [2.75, 3.05) is 26.2 Å². The lowest BCUT2D eigenvalue weighted by molar-refractivity contribution is 0.0978. The van der Waals surface area contributed by atoms with E-state index in [2.05, 4.69) is 44.1 Å². The van der Waals surface area contributed by atoms with Crippen molar-refractivity contribution in [1.82, 2.24) is 20.1 Å². The zero-order valence-corrected chi connectivity index (χ0v) is 19.6. The van der Waals surface area contributed by atoms with Gasteiger partial charge >= 0.3 is 6.03 Å². The number of aromatic nitrogens is 1. The van der Waals surface area contributed by atoms with E-state index in [0.29, 0.717) is 30.6 Å².